The second-order valence-electron chi connectivity index (χ2n) is 5.39. The molecular weight excluding hydrogens is 290 g/mol. The molecule has 0 spiro atoms. The summed E-state index contributed by atoms with van der Waals surface area (Å²) in [6, 6.07) is 5.32. The van der Waals surface area contributed by atoms with E-state index in [2.05, 4.69) is 24.1 Å². The van der Waals surface area contributed by atoms with E-state index >= 15 is 0 Å². The molecule has 0 radical (unpaired) electrons. The fourth-order valence-electron chi connectivity index (χ4n) is 2.13. The molecule has 112 valence electrons. The number of aryl methyl sites for hydroxylation is 1. The van der Waals surface area contributed by atoms with E-state index in [0.29, 0.717) is 22.9 Å². The molecule has 1 aromatic carbocycles. The maximum atomic E-state index is 11.0. The van der Waals surface area contributed by atoms with Crippen LogP contribution in [0.1, 0.15) is 27.2 Å². The van der Waals surface area contributed by atoms with Gasteiger partial charge in [-0.25, -0.2) is 0 Å². The number of nitrogens with zero attached hydrogens (tertiary/aromatic N) is 3. The van der Waals surface area contributed by atoms with Crippen LogP contribution in [0.5, 0.6) is 5.88 Å². The van der Waals surface area contributed by atoms with Crippen LogP contribution in [0.15, 0.2) is 28.4 Å². The van der Waals surface area contributed by atoms with Crippen LogP contribution in [0.2, 0.25) is 5.02 Å². The van der Waals surface area contributed by atoms with Gasteiger partial charge in [-0.3, -0.25) is 4.79 Å². The number of carbonyl (C=O) groups excluding carboxylic acids is 1. The molecule has 0 bridgehead atoms. The number of aromatic nitrogens is 1. The summed E-state index contributed by atoms with van der Waals surface area (Å²) in [6.07, 6.45) is 0.920. The molecular formula is C15H18ClN3O2. The second-order valence-corrected chi connectivity index (χ2v) is 5.82. The predicted molar refractivity (Wildman–Crippen MR) is 83.3 cm³/mol. The van der Waals surface area contributed by atoms with Gasteiger partial charge in [0, 0.05) is 23.9 Å². The third-order valence-corrected chi connectivity index (χ3v) is 3.43. The Hall–Kier alpha value is -1.88. The van der Waals surface area contributed by atoms with Crippen LogP contribution in [-0.2, 0) is 11.3 Å². The van der Waals surface area contributed by atoms with Crippen LogP contribution in [0.25, 0.3) is 10.9 Å². The van der Waals surface area contributed by atoms with Gasteiger partial charge in [-0.2, -0.15) is 0 Å². The van der Waals surface area contributed by atoms with E-state index in [0.717, 1.165) is 11.9 Å². The third-order valence-electron chi connectivity index (χ3n) is 3.19. The number of amides is 1. The van der Waals surface area contributed by atoms with Crippen molar-refractivity contribution in [3.05, 3.63) is 23.2 Å². The number of aromatic hydroxyl groups is 1. The van der Waals surface area contributed by atoms with Crippen LogP contribution in [0, 0.1) is 5.92 Å². The van der Waals surface area contributed by atoms with Crippen molar-refractivity contribution < 1.29 is 9.90 Å². The van der Waals surface area contributed by atoms with Gasteiger partial charge < -0.3 is 9.67 Å². The normalized spacial score (nSPS) is 11.9. The molecule has 21 heavy (non-hydrogen) atoms. The van der Waals surface area contributed by atoms with Crippen LogP contribution >= 0.6 is 11.6 Å². The van der Waals surface area contributed by atoms with Gasteiger partial charge in [-0.1, -0.05) is 25.4 Å². The highest BCUT2D eigenvalue weighted by molar-refractivity contribution is 6.31. The Labute approximate surface area is 128 Å². The lowest BCUT2D eigenvalue weighted by Crippen LogP contribution is -2.00. The lowest BCUT2D eigenvalue weighted by molar-refractivity contribution is -0.116. The summed E-state index contributed by atoms with van der Waals surface area (Å²) in [5.41, 5.74) is 1.11. The Morgan fingerprint density at radius 2 is 2.14 bits per heavy atom. The second kappa shape index (κ2) is 6.26. The van der Waals surface area contributed by atoms with E-state index < -0.39 is 5.91 Å². The summed E-state index contributed by atoms with van der Waals surface area (Å²) in [5, 5.41) is 19.0. The average molecular weight is 308 g/mol. The number of fused-ring (bicyclic) bond motifs is 1. The molecule has 1 aromatic heterocycles. The fraction of sp³-hybridized carbons (Fsp3) is 0.400. The van der Waals surface area contributed by atoms with Crippen LogP contribution in [0.3, 0.4) is 0 Å². The summed E-state index contributed by atoms with van der Waals surface area (Å²) in [4.78, 5) is 11.0. The molecule has 0 saturated heterocycles. The fourth-order valence-corrected chi connectivity index (χ4v) is 2.30. The van der Waals surface area contributed by atoms with E-state index in [9.17, 15) is 9.90 Å². The molecule has 0 atom stereocenters. The molecule has 2 aromatic rings. The summed E-state index contributed by atoms with van der Waals surface area (Å²) < 4.78 is 1.78. The highest BCUT2D eigenvalue weighted by Gasteiger charge is 2.17. The van der Waals surface area contributed by atoms with Crippen LogP contribution in [0.4, 0.5) is 5.69 Å². The summed E-state index contributed by atoms with van der Waals surface area (Å²) in [5.74, 6) is 0.105. The van der Waals surface area contributed by atoms with E-state index in [1.165, 1.54) is 6.92 Å². The van der Waals surface area contributed by atoms with Gasteiger partial charge in [0.2, 0.25) is 5.88 Å². The Balaban J connectivity index is 2.58. The quantitative estimate of drug-likeness (QED) is 0.833. The standard InChI is InChI=1S/C15H18ClN3O2/c1-9(2)6-7-19-13-5-4-11(16)8-12(13)14(15(19)21)18-17-10(3)20/h4-5,8-9,21H,6-7H2,1-3H3. The number of halogens is 1. The topological polar surface area (TPSA) is 66.9 Å². The van der Waals surface area contributed by atoms with E-state index in [1.54, 1.807) is 16.7 Å². The molecule has 0 aliphatic carbocycles. The van der Waals surface area contributed by atoms with Crippen LogP contribution in [-0.4, -0.2) is 15.6 Å². The minimum absolute atomic E-state index is 0.0120. The Bertz CT molecular complexity index is 704. The molecule has 0 unspecified atom stereocenters. The van der Waals surface area contributed by atoms with Crippen LogP contribution < -0.4 is 0 Å². The summed E-state index contributed by atoms with van der Waals surface area (Å²) in [6.45, 7) is 6.22. The largest absolute Gasteiger partial charge is 0.493 e. The van der Waals surface area contributed by atoms with Crippen molar-refractivity contribution in [3.8, 4) is 5.88 Å². The molecule has 1 heterocycles. The SMILES string of the molecule is CC(=O)N=Nc1c(O)n(CCC(C)C)c2ccc(Cl)cc12. The number of carbonyl (C=O) groups is 1. The molecule has 1 amide bonds. The summed E-state index contributed by atoms with van der Waals surface area (Å²) >= 11 is 6.01. The number of hydrogen-bond donors (Lipinski definition) is 1. The maximum absolute atomic E-state index is 11.0. The van der Waals surface area contributed by atoms with Gasteiger partial charge in [-0.15, -0.1) is 10.2 Å². The van der Waals surface area contributed by atoms with Gasteiger partial charge in [0.05, 0.1) is 5.52 Å². The van der Waals surface area contributed by atoms with Gasteiger partial charge >= 0.3 is 0 Å². The van der Waals surface area contributed by atoms with Gasteiger partial charge in [-0.05, 0) is 30.5 Å². The average Bonchev–Trinajstić information content (AvgIpc) is 2.65. The van der Waals surface area contributed by atoms with Crippen molar-refractivity contribution in [1.29, 1.82) is 0 Å². The molecule has 0 aliphatic heterocycles. The highest BCUT2D eigenvalue weighted by atomic mass is 35.5. The van der Waals surface area contributed by atoms with E-state index in [-0.39, 0.29) is 11.6 Å². The Morgan fingerprint density at radius 3 is 2.76 bits per heavy atom. The molecule has 0 fully saturated rings. The first kappa shape index (κ1) is 15.5. The molecule has 1 N–H and O–H groups in total. The summed E-state index contributed by atoms with van der Waals surface area (Å²) in [7, 11) is 0. The Kier molecular flexibility index (Phi) is 4.63. The minimum Gasteiger partial charge on any atom is -0.493 e. The van der Waals surface area contributed by atoms with Crippen molar-refractivity contribution in [2.45, 2.75) is 33.7 Å². The number of azo groups is 1. The number of rotatable bonds is 4. The van der Waals surface area contributed by atoms with Crippen molar-refractivity contribution in [2.24, 2.45) is 16.1 Å². The van der Waals surface area contributed by atoms with Crippen molar-refractivity contribution >= 4 is 34.1 Å². The van der Waals surface area contributed by atoms with Gasteiger partial charge in [0.25, 0.3) is 5.91 Å². The molecule has 0 aliphatic rings. The molecule has 2 rings (SSSR count). The maximum Gasteiger partial charge on any atom is 0.261 e. The van der Waals surface area contributed by atoms with Crippen molar-refractivity contribution in [1.82, 2.24) is 4.57 Å². The highest BCUT2D eigenvalue weighted by Crippen LogP contribution is 2.40. The zero-order chi connectivity index (χ0) is 15.6. The lowest BCUT2D eigenvalue weighted by atomic mass is 10.1. The molecule has 0 saturated carbocycles. The monoisotopic (exact) mass is 307 g/mol. The zero-order valence-corrected chi connectivity index (χ0v) is 13.1. The first-order valence-electron chi connectivity index (χ1n) is 6.83. The van der Waals surface area contributed by atoms with Crippen molar-refractivity contribution in [2.75, 3.05) is 0 Å². The van der Waals surface area contributed by atoms with Crippen molar-refractivity contribution in [3.63, 3.8) is 0 Å². The number of hydrogen-bond acceptors (Lipinski definition) is 3. The van der Waals surface area contributed by atoms with Gasteiger partial charge in [0.15, 0.2) is 5.69 Å². The Morgan fingerprint density at radius 1 is 1.43 bits per heavy atom. The third kappa shape index (κ3) is 3.42. The zero-order valence-electron chi connectivity index (χ0n) is 12.3. The predicted octanol–water partition coefficient (Wildman–Crippen LogP) is 4.68. The first-order valence-corrected chi connectivity index (χ1v) is 7.21. The molecule has 6 heteroatoms. The van der Waals surface area contributed by atoms with E-state index in [1.807, 2.05) is 6.07 Å². The number of benzene rings is 1. The minimum atomic E-state index is -0.417. The smallest absolute Gasteiger partial charge is 0.261 e. The molecule has 5 nitrogen and oxygen atoms in total. The van der Waals surface area contributed by atoms with E-state index in [4.69, 9.17) is 11.6 Å². The lowest BCUT2D eigenvalue weighted by Gasteiger charge is -2.08. The van der Waals surface area contributed by atoms with Gasteiger partial charge in [0.1, 0.15) is 0 Å². The first-order chi connectivity index (χ1) is 9.90.